The maximum absolute atomic E-state index is 5.87. The van der Waals surface area contributed by atoms with Crippen molar-refractivity contribution in [1.82, 2.24) is 14.3 Å². The van der Waals surface area contributed by atoms with Crippen molar-refractivity contribution in [3.8, 4) is 0 Å². The summed E-state index contributed by atoms with van der Waals surface area (Å²) in [6, 6.07) is 12.7. The van der Waals surface area contributed by atoms with E-state index in [2.05, 4.69) is 46.1 Å². The van der Waals surface area contributed by atoms with E-state index in [0.717, 1.165) is 17.9 Å². The molecule has 4 nitrogen and oxygen atoms in total. The number of fused-ring (bicyclic) bond motifs is 1. The number of hydrogen-bond acceptors (Lipinski definition) is 2. The van der Waals surface area contributed by atoms with E-state index < -0.39 is 0 Å². The smallest absolute Gasteiger partial charge is 0.0648 e. The molecule has 98 valence electrons. The second-order valence-electron chi connectivity index (χ2n) is 4.89. The van der Waals surface area contributed by atoms with E-state index in [1.54, 1.807) is 0 Å². The Labute approximate surface area is 112 Å². The van der Waals surface area contributed by atoms with Gasteiger partial charge in [0.15, 0.2) is 0 Å². The lowest BCUT2D eigenvalue weighted by Gasteiger charge is -2.09. The molecule has 3 rings (SSSR count). The van der Waals surface area contributed by atoms with E-state index in [1.807, 2.05) is 18.7 Å². The minimum Gasteiger partial charge on any atom is -0.337 e. The Morgan fingerprint density at radius 3 is 2.63 bits per heavy atom. The average molecular weight is 254 g/mol. The van der Waals surface area contributed by atoms with Crippen LogP contribution in [-0.2, 0) is 20.1 Å². The van der Waals surface area contributed by atoms with E-state index in [-0.39, 0.29) is 0 Å². The van der Waals surface area contributed by atoms with E-state index in [4.69, 9.17) is 5.73 Å². The van der Waals surface area contributed by atoms with Crippen LogP contribution in [0.4, 0.5) is 0 Å². The highest BCUT2D eigenvalue weighted by atomic mass is 15.3. The summed E-state index contributed by atoms with van der Waals surface area (Å²) in [4.78, 5) is 0. The Kier molecular flexibility index (Phi) is 2.87. The molecule has 0 aliphatic carbocycles. The topological polar surface area (TPSA) is 48.8 Å². The van der Waals surface area contributed by atoms with Crippen LogP contribution in [0.15, 0.2) is 36.4 Å². The molecule has 1 aromatic carbocycles. The fourth-order valence-electron chi connectivity index (χ4n) is 2.60. The molecule has 0 aliphatic heterocycles. The Morgan fingerprint density at radius 1 is 1.16 bits per heavy atom. The average Bonchev–Trinajstić information content (AvgIpc) is 2.91. The van der Waals surface area contributed by atoms with Crippen molar-refractivity contribution in [2.24, 2.45) is 12.8 Å². The number of rotatable bonds is 3. The molecule has 2 aromatic heterocycles. The van der Waals surface area contributed by atoms with Gasteiger partial charge in [0.05, 0.1) is 17.9 Å². The zero-order chi connectivity index (χ0) is 13.4. The van der Waals surface area contributed by atoms with Gasteiger partial charge >= 0.3 is 0 Å². The number of aryl methyl sites for hydroxylation is 2. The summed E-state index contributed by atoms with van der Waals surface area (Å²) in [6.07, 6.45) is 0. The molecule has 0 saturated carbocycles. The molecule has 0 saturated heterocycles. The maximum Gasteiger partial charge on any atom is 0.0648 e. The van der Waals surface area contributed by atoms with Crippen molar-refractivity contribution in [2.45, 2.75) is 20.0 Å². The third-order valence-corrected chi connectivity index (χ3v) is 3.52. The van der Waals surface area contributed by atoms with Crippen LogP contribution >= 0.6 is 0 Å². The first-order chi connectivity index (χ1) is 9.19. The predicted molar refractivity (Wildman–Crippen MR) is 76.9 cm³/mol. The van der Waals surface area contributed by atoms with E-state index in [9.17, 15) is 0 Å². The molecule has 3 aromatic rings. The summed E-state index contributed by atoms with van der Waals surface area (Å²) < 4.78 is 4.20. The van der Waals surface area contributed by atoms with Crippen LogP contribution in [0, 0.1) is 6.92 Å². The van der Waals surface area contributed by atoms with Gasteiger partial charge < -0.3 is 10.3 Å². The van der Waals surface area contributed by atoms with Crippen LogP contribution in [-0.4, -0.2) is 14.3 Å². The maximum atomic E-state index is 5.87. The quantitative estimate of drug-likeness (QED) is 0.779. The predicted octanol–water partition coefficient (Wildman–Crippen LogP) is 2.19. The van der Waals surface area contributed by atoms with Crippen molar-refractivity contribution in [3.05, 3.63) is 53.5 Å². The van der Waals surface area contributed by atoms with Gasteiger partial charge in [-0.05, 0) is 30.5 Å². The Balaban J connectivity index is 2.11. The van der Waals surface area contributed by atoms with Gasteiger partial charge in [-0.2, -0.15) is 5.10 Å². The highest BCUT2D eigenvalue weighted by Gasteiger charge is 2.10. The fraction of sp³-hybridized carbons (Fsp3) is 0.267. The first-order valence-electron chi connectivity index (χ1n) is 6.46. The van der Waals surface area contributed by atoms with Gasteiger partial charge in [-0.25, -0.2) is 0 Å². The minimum atomic E-state index is 0.547. The Morgan fingerprint density at radius 2 is 1.95 bits per heavy atom. The molecule has 0 unspecified atom stereocenters. The lowest BCUT2D eigenvalue weighted by Crippen LogP contribution is -2.10. The van der Waals surface area contributed by atoms with Crippen LogP contribution in [0.25, 0.3) is 10.9 Å². The van der Waals surface area contributed by atoms with Gasteiger partial charge in [-0.15, -0.1) is 0 Å². The van der Waals surface area contributed by atoms with Gasteiger partial charge in [-0.1, -0.05) is 18.2 Å². The molecule has 2 N–H and O–H groups in total. The highest BCUT2D eigenvalue weighted by Crippen LogP contribution is 2.21. The monoisotopic (exact) mass is 254 g/mol. The number of nitrogens with zero attached hydrogens (tertiary/aromatic N) is 3. The summed E-state index contributed by atoms with van der Waals surface area (Å²) in [5.41, 5.74) is 10.5. The minimum absolute atomic E-state index is 0.547. The molecule has 0 atom stereocenters. The van der Waals surface area contributed by atoms with Crippen LogP contribution in [0.5, 0.6) is 0 Å². The highest BCUT2D eigenvalue weighted by molar-refractivity contribution is 5.81. The first-order valence-corrected chi connectivity index (χ1v) is 6.46. The second kappa shape index (κ2) is 4.55. The summed E-state index contributed by atoms with van der Waals surface area (Å²) in [5, 5.41) is 5.64. The number of benzene rings is 1. The zero-order valence-corrected chi connectivity index (χ0v) is 11.3. The third kappa shape index (κ3) is 2.04. The van der Waals surface area contributed by atoms with Crippen LogP contribution in [0.1, 0.15) is 17.1 Å². The lowest BCUT2D eigenvalue weighted by atomic mass is 10.2. The number of para-hydroxylation sites is 1. The summed E-state index contributed by atoms with van der Waals surface area (Å²) in [7, 11) is 1.98. The molecule has 0 bridgehead atoms. The van der Waals surface area contributed by atoms with Crippen LogP contribution in [0.3, 0.4) is 0 Å². The summed E-state index contributed by atoms with van der Waals surface area (Å²) >= 11 is 0. The number of nitrogens with two attached hydrogens (primary N) is 1. The number of aromatic nitrogens is 3. The standard InChI is InChI=1S/C15H18N4/c1-11-7-14(18(2)17-11)10-19-13(9-16)8-12-5-3-4-6-15(12)19/h3-8H,9-10,16H2,1-2H3. The van der Waals surface area contributed by atoms with E-state index >= 15 is 0 Å². The molecule has 0 aliphatic rings. The van der Waals surface area contributed by atoms with Crippen LogP contribution < -0.4 is 5.73 Å². The van der Waals surface area contributed by atoms with Gasteiger partial charge in [0.2, 0.25) is 0 Å². The second-order valence-corrected chi connectivity index (χ2v) is 4.89. The molecular formula is C15H18N4. The van der Waals surface area contributed by atoms with Gasteiger partial charge in [0, 0.05) is 24.8 Å². The first kappa shape index (κ1) is 12.0. The molecular weight excluding hydrogens is 236 g/mol. The van der Waals surface area contributed by atoms with Gasteiger partial charge in [0.25, 0.3) is 0 Å². The molecule has 0 radical (unpaired) electrons. The van der Waals surface area contributed by atoms with E-state index in [0.29, 0.717) is 6.54 Å². The molecule has 19 heavy (non-hydrogen) atoms. The molecule has 0 spiro atoms. The van der Waals surface area contributed by atoms with Crippen molar-refractivity contribution in [1.29, 1.82) is 0 Å². The zero-order valence-electron chi connectivity index (χ0n) is 11.3. The molecule has 2 heterocycles. The lowest BCUT2D eigenvalue weighted by molar-refractivity contribution is 0.659. The van der Waals surface area contributed by atoms with Crippen molar-refractivity contribution in [2.75, 3.05) is 0 Å². The largest absolute Gasteiger partial charge is 0.337 e. The summed E-state index contributed by atoms with van der Waals surface area (Å²) in [6.45, 7) is 3.37. The Bertz CT molecular complexity index is 721. The van der Waals surface area contributed by atoms with E-state index in [1.165, 1.54) is 16.6 Å². The van der Waals surface area contributed by atoms with Gasteiger partial charge in [-0.3, -0.25) is 4.68 Å². The molecule has 0 amide bonds. The van der Waals surface area contributed by atoms with Crippen LogP contribution in [0.2, 0.25) is 0 Å². The van der Waals surface area contributed by atoms with Crippen molar-refractivity contribution in [3.63, 3.8) is 0 Å². The fourth-order valence-corrected chi connectivity index (χ4v) is 2.60. The normalized spacial score (nSPS) is 11.3. The van der Waals surface area contributed by atoms with Crippen molar-refractivity contribution < 1.29 is 0 Å². The molecule has 4 heteroatoms. The Hall–Kier alpha value is -2.07. The molecule has 0 fully saturated rings. The van der Waals surface area contributed by atoms with Gasteiger partial charge in [0.1, 0.15) is 0 Å². The third-order valence-electron chi connectivity index (χ3n) is 3.52. The SMILES string of the molecule is Cc1cc(Cn2c(CN)cc3ccccc32)n(C)n1. The summed E-state index contributed by atoms with van der Waals surface area (Å²) in [5.74, 6) is 0. The van der Waals surface area contributed by atoms with Crippen molar-refractivity contribution >= 4 is 10.9 Å². The number of hydrogen-bond donors (Lipinski definition) is 1.